The van der Waals surface area contributed by atoms with Crippen molar-refractivity contribution in [3.63, 3.8) is 0 Å². The molecule has 0 heterocycles. The Morgan fingerprint density at radius 3 is 2.21 bits per heavy atom. The normalized spacial score (nSPS) is 14.6. The van der Waals surface area contributed by atoms with Crippen LogP contribution in [0.1, 0.15) is 53.0 Å². The quantitative estimate of drug-likeness (QED) is 0.385. The molecule has 0 saturated carbocycles. The first-order chi connectivity index (χ1) is 12.9. The van der Waals surface area contributed by atoms with Crippen molar-refractivity contribution in [1.29, 1.82) is 0 Å². The second kappa shape index (κ2) is 10.6. The monoisotopic (exact) mass is 408 g/mol. The average molecular weight is 408 g/mol. The lowest BCUT2D eigenvalue weighted by molar-refractivity contribution is -0.264. The van der Waals surface area contributed by atoms with Crippen molar-refractivity contribution < 1.29 is 27.4 Å². The van der Waals surface area contributed by atoms with Gasteiger partial charge in [-0.1, -0.05) is 27.7 Å². The van der Waals surface area contributed by atoms with E-state index in [1.54, 1.807) is 6.92 Å². The second-order valence-corrected chi connectivity index (χ2v) is 6.81. The minimum atomic E-state index is -4.89. The van der Waals surface area contributed by atoms with E-state index in [4.69, 9.17) is 4.74 Å². The van der Waals surface area contributed by atoms with Crippen LogP contribution in [0.4, 0.5) is 17.6 Å². The van der Waals surface area contributed by atoms with Gasteiger partial charge < -0.3 is 15.2 Å². The van der Waals surface area contributed by atoms with Crippen LogP contribution in [0.25, 0.3) is 0 Å². The lowest BCUT2D eigenvalue weighted by Crippen LogP contribution is -2.52. The van der Waals surface area contributed by atoms with Gasteiger partial charge in [-0.2, -0.15) is 13.2 Å². The summed E-state index contributed by atoms with van der Waals surface area (Å²) in [6.45, 7) is 9.12. The van der Waals surface area contributed by atoms with Gasteiger partial charge in [-0.25, -0.2) is 4.39 Å². The zero-order valence-electron chi connectivity index (χ0n) is 17.7. The van der Waals surface area contributed by atoms with E-state index in [-0.39, 0.29) is 17.1 Å². The van der Waals surface area contributed by atoms with Gasteiger partial charge in [-0.05, 0) is 37.0 Å². The minimum Gasteiger partial charge on any atom is -0.496 e. The summed E-state index contributed by atoms with van der Waals surface area (Å²) in [4.78, 5) is 3.79. The van der Waals surface area contributed by atoms with Crippen LogP contribution >= 0.6 is 0 Å². The number of amidine groups is 1. The maximum atomic E-state index is 13.7. The van der Waals surface area contributed by atoms with Gasteiger partial charge in [0, 0.05) is 25.6 Å². The number of aliphatic hydroxyl groups is 1. The first-order valence-corrected chi connectivity index (χ1v) is 9.23. The van der Waals surface area contributed by atoms with E-state index in [0.717, 1.165) is 6.07 Å². The van der Waals surface area contributed by atoms with Crippen molar-refractivity contribution in [2.75, 3.05) is 20.7 Å². The van der Waals surface area contributed by atoms with Gasteiger partial charge >= 0.3 is 6.18 Å². The molecular weight excluding hydrogens is 376 g/mol. The number of hydrogen-bond donors (Lipinski definition) is 2. The first kappa shape index (κ1) is 26.2. The first-order valence-electron chi connectivity index (χ1n) is 9.23. The topological polar surface area (TPSA) is 53.8 Å². The van der Waals surface area contributed by atoms with Crippen molar-refractivity contribution in [3.8, 4) is 5.75 Å². The summed E-state index contributed by atoms with van der Waals surface area (Å²) in [6.07, 6.45) is -6.30. The maximum absolute atomic E-state index is 13.7. The van der Waals surface area contributed by atoms with Crippen LogP contribution in [0.2, 0.25) is 0 Å². The van der Waals surface area contributed by atoms with Crippen molar-refractivity contribution in [2.24, 2.45) is 4.99 Å². The number of aliphatic imine (C=N–C) groups is 1. The Balaban J connectivity index is 0.00000352. The largest absolute Gasteiger partial charge is 0.496 e. The number of ether oxygens (including phenoxy) is 1. The highest BCUT2D eigenvalue weighted by atomic mass is 19.4. The molecule has 1 unspecified atom stereocenters. The average Bonchev–Trinajstić information content (AvgIpc) is 2.61. The molecule has 0 fully saturated rings. The van der Waals surface area contributed by atoms with E-state index < -0.39 is 35.9 Å². The second-order valence-electron chi connectivity index (χ2n) is 6.81. The molecule has 8 heteroatoms. The molecule has 0 aliphatic rings. The minimum absolute atomic E-state index is 0.0503. The Morgan fingerprint density at radius 1 is 1.21 bits per heavy atom. The fourth-order valence-corrected chi connectivity index (χ4v) is 3.00. The third-order valence-electron chi connectivity index (χ3n) is 4.26. The Labute approximate surface area is 165 Å². The number of alkyl halides is 3. The van der Waals surface area contributed by atoms with Gasteiger partial charge in [0.1, 0.15) is 11.6 Å². The number of nitrogens with zero attached hydrogens (tertiary/aromatic N) is 1. The third kappa shape index (κ3) is 6.65. The maximum Gasteiger partial charge on any atom is 0.417 e. The molecule has 0 aliphatic heterocycles. The summed E-state index contributed by atoms with van der Waals surface area (Å²) in [5.74, 6) is -0.279. The highest BCUT2D eigenvalue weighted by Crippen LogP contribution is 2.45. The molecule has 1 atom stereocenters. The fraction of sp³-hybridized carbons (Fsp3) is 0.650. The molecule has 0 spiro atoms. The molecule has 1 aromatic carbocycles. The zero-order chi connectivity index (χ0) is 22.2. The Bertz CT molecular complexity index is 646. The van der Waals surface area contributed by atoms with E-state index in [1.165, 1.54) is 40.1 Å². The summed E-state index contributed by atoms with van der Waals surface area (Å²) in [7, 11) is 2.71. The van der Waals surface area contributed by atoms with Crippen LogP contribution in [-0.4, -0.2) is 43.4 Å². The van der Waals surface area contributed by atoms with Crippen molar-refractivity contribution in [1.82, 2.24) is 5.32 Å². The van der Waals surface area contributed by atoms with E-state index in [9.17, 15) is 22.7 Å². The van der Waals surface area contributed by atoms with Gasteiger partial charge in [0.2, 0.25) is 0 Å². The van der Waals surface area contributed by atoms with Crippen LogP contribution in [-0.2, 0) is 5.41 Å². The fourth-order valence-electron chi connectivity index (χ4n) is 3.00. The van der Waals surface area contributed by atoms with E-state index in [0.29, 0.717) is 6.54 Å². The molecule has 1 aromatic rings. The molecule has 4 nitrogen and oxygen atoms in total. The summed E-state index contributed by atoms with van der Waals surface area (Å²) < 4.78 is 60.0. The predicted molar refractivity (Wildman–Crippen MR) is 105 cm³/mol. The summed E-state index contributed by atoms with van der Waals surface area (Å²) in [5.41, 5.74) is -4.01. The molecule has 1 rings (SSSR count). The molecule has 0 amide bonds. The van der Waals surface area contributed by atoms with E-state index >= 15 is 0 Å². The Kier molecular flexibility index (Phi) is 9.95. The van der Waals surface area contributed by atoms with Gasteiger partial charge in [-0.3, -0.25) is 4.99 Å². The SMILES string of the molecule is CC.CCNC(CC(O)(CC(C)(C)c1cc(F)ccc1OC)C(F)(F)F)=NC. The smallest absolute Gasteiger partial charge is 0.417 e. The predicted octanol–water partition coefficient (Wildman–Crippen LogP) is 4.85. The van der Waals surface area contributed by atoms with Crippen LogP contribution in [0.3, 0.4) is 0 Å². The summed E-state index contributed by atoms with van der Waals surface area (Å²) in [5, 5.41) is 13.2. The van der Waals surface area contributed by atoms with E-state index in [1.807, 2.05) is 13.8 Å². The molecular formula is C20H32F4N2O2. The molecule has 0 aliphatic carbocycles. The summed E-state index contributed by atoms with van der Waals surface area (Å²) >= 11 is 0. The molecule has 28 heavy (non-hydrogen) atoms. The van der Waals surface area contributed by atoms with Crippen LogP contribution < -0.4 is 10.1 Å². The van der Waals surface area contributed by atoms with Gasteiger partial charge in [0.25, 0.3) is 0 Å². The molecule has 2 N–H and O–H groups in total. The van der Waals surface area contributed by atoms with Crippen LogP contribution in [0.15, 0.2) is 23.2 Å². The van der Waals surface area contributed by atoms with Gasteiger partial charge in [0.15, 0.2) is 5.60 Å². The number of methoxy groups -OCH3 is 1. The molecule has 0 bridgehead atoms. The highest BCUT2D eigenvalue weighted by molar-refractivity contribution is 5.83. The van der Waals surface area contributed by atoms with Gasteiger partial charge in [0.05, 0.1) is 12.9 Å². The lowest BCUT2D eigenvalue weighted by atomic mass is 9.73. The third-order valence-corrected chi connectivity index (χ3v) is 4.26. The zero-order valence-corrected chi connectivity index (χ0v) is 17.7. The lowest BCUT2D eigenvalue weighted by Gasteiger charge is -2.38. The van der Waals surface area contributed by atoms with E-state index in [2.05, 4.69) is 10.3 Å². The van der Waals surface area contributed by atoms with Crippen molar-refractivity contribution in [3.05, 3.63) is 29.6 Å². The Hall–Kier alpha value is -1.83. The number of rotatable bonds is 7. The number of benzene rings is 1. The Morgan fingerprint density at radius 2 is 1.79 bits per heavy atom. The molecule has 0 saturated heterocycles. The summed E-state index contributed by atoms with van der Waals surface area (Å²) in [6, 6.07) is 3.66. The standard InChI is InChI=1S/C18H26F4N2O2.C2H6/c1-6-24-15(23-4)10-17(25,18(20,21)22)11-16(2,3)13-9-12(19)7-8-14(13)26-5;1-2/h7-9,25H,6,10-11H2,1-5H3,(H,23,24);1-2H3. The van der Waals surface area contributed by atoms with Crippen LogP contribution in [0, 0.1) is 5.82 Å². The number of halogens is 4. The van der Waals surface area contributed by atoms with Crippen molar-refractivity contribution in [2.45, 2.75) is 64.7 Å². The highest BCUT2D eigenvalue weighted by Gasteiger charge is 2.56. The molecule has 0 aromatic heterocycles. The molecule has 0 radical (unpaired) electrons. The molecule has 162 valence electrons. The van der Waals surface area contributed by atoms with Gasteiger partial charge in [-0.15, -0.1) is 0 Å². The number of nitrogens with one attached hydrogen (secondary N) is 1. The van der Waals surface area contributed by atoms with Crippen molar-refractivity contribution >= 4 is 5.84 Å². The van der Waals surface area contributed by atoms with Crippen LogP contribution in [0.5, 0.6) is 5.75 Å². The number of hydrogen-bond acceptors (Lipinski definition) is 3.